The molecule has 0 fully saturated rings. The lowest BCUT2D eigenvalue weighted by molar-refractivity contribution is 1.21. The molecule has 0 spiro atoms. The SMILES string of the molecule is Cc1cccnc1N=CN(C)c1ccccc1. The average Bonchev–Trinajstić information content (AvgIpc) is 2.38. The minimum Gasteiger partial charge on any atom is -0.335 e. The molecule has 0 atom stereocenters. The van der Waals surface area contributed by atoms with Gasteiger partial charge in [0.25, 0.3) is 0 Å². The van der Waals surface area contributed by atoms with Crippen LogP contribution in [0.15, 0.2) is 53.7 Å². The molecule has 2 aromatic rings. The van der Waals surface area contributed by atoms with Crippen LogP contribution in [0.2, 0.25) is 0 Å². The molecule has 0 aliphatic carbocycles. The van der Waals surface area contributed by atoms with Gasteiger partial charge in [0, 0.05) is 18.9 Å². The number of rotatable bonds is 3. The number of anilines is 1. The van der Waals surface area contributed by atoms with Gasteiger partial charge in [-0.05, 0) is 30.7 Å². The maximum Gasteiger partial charge on any atom is 0.156 e. The number of nitrogens with zero attached hydrogens (tertiary/aromatic N) is 3. The lowest BCUT2D eigenvalue weighted by atomic mass is 10.3. The van der Waals surface area contributed by atoms with Gasteiger partial charge in [-0.25, -0.2) is 9.98 Å². The summed E-state index contributed by atoms with van der Waals surface area (Å²) in [6, 6.07) is 14.0. The Morgan fingerprint density at radius 2 is 1.88 bits per heavy atom. The Kier molecular flexibility index (Phi) is 3.50. The third-order valence-corrected chi connectivity index (χ3v) is 2.50. The molecule has 0 aliphatic rings. The number of aryl methyl sites for hydroxylation is 1. The first-order chi connectivity index (χ1) is 8.27. The zero-order chi connectivity index (χ0) is 12.1. The van der Waals surface area contributed by atoms with Gasteiger partial charge in [-0.1, -0.05) is 24.3 Å². The first-order valence-corrected chi connectivity index (χ1v) is 5.51. The fourth-order valence-corrected chi connectivity index (χ4v) is 1.48. The number of benzene rings is 1. The van der Waals surface area contributed by atoms with E-state index in [0.29, 0.717) is 0 Å². The summed E-state index contributed by atoms with van der Waals surface area (Å²) in [6.07, 6.45) is 3.53. The summed E-state index contributed by atoms with van der Waals surface area (Å²) in [5, 5.41) is 0. The molecule has 86 valence electrons. The van der Waals surface area contributed by atoms with Gasteiger partial charge in [0.15, 0.2) is 5.82 Å². The predicted molar refractivity (Wildman–Crippen MR) is 72.0 cm³/mol. The third kappa shape index (κ3) is 2.91. The summed E-state index contributed by atoms with van der Waals surface area (Å²) < 4.78 is 0. The molecule has 0 bridgehead atoms. The maximum atomic E-state index is 4.37. The van der Waals surface area contributed by atoms with Gasteiger partial charge >= 0.3 is 0 Å². The molecular weight excluding hydrogens is 210 g/mol. The highest BCUT2D eigenvalue weighted by Gasteiger charge is 1.97. The van der Waals surface area contributed by atoms with E-state index >= 15 is 0 Å². The van der Waals surface area contributed by atoms with Gasteiger partial charge < -0.3 is 4.90 Å². The second kappa shape index (κ2) is 5.25. The van der Waals surface area contributed by atoms with E-state index in [1.54, 1.807) is 12.5 Å². The van der Waals surface area contributed by atoms with Crippen molar-refractivity contribution in [3.05, 3.63) is 54.2 Å². The molecule has 0 saturated carbocycles. The molecule has 0 amide bonds. The summed E-state index contributed by atoms with van der Waals surface area (Å²) in [5.41, 5.74) is 2.18. The quantitative estimate of drug-likeness (QED) is 0.593. The number of aromatic nitrogens is 1. The molecule has 1 heterocycles. The minimum absolute atomic E-state index is 0.760. The molecule has 1 aromatic carbocycles. The van der Waals surface area contributed by atoms with Crippen LogP contribution in [0.5, 0.6) is 0 Å². The van der Waals surface area contributed by atoms with Crippen LogP contribution in [0.1, 0.15) is 5.56 Å². The smallest absolute Gasteiger partial charge is 0.156 e. The van der Waals surface area contributed by atoms with Crippen molar-refractivity contribution in [1.82, 2.24) is 4.98 Å². The number of hydrogen-bond donors (Lipinski definition) is 0. The van der Waals surface area contributed by atoms with Gasteiger partial charge in [-0.15, -0.1) is 0 Å². The van der Waals surface area contributed by atoms with Crippen LogP contribution in [-0.2, 0) is 0 Å². The minimum atomic E-state index is 0.760. The van der Waals surface area contributed by atoms with Crippen molar-refractivity contribution in [2.24, 2.45) is 4.99 Å². The van der Waals surface area contributed by atoms with E-state index in [0.717, 1.165) is 17.1 Å². The zero-order valence-corrected chi connectivity index (χ0v) is 10.0. The molecule has 3 nitrogen and oxygen atoms in total. The average molecular weight is 225 g/mol. The number of pyridine rings is 1. The highest BCUT2D eigenvalue weighted by atomic mass is 15.1. The van der Waals surface area contributed by atoms with Crippen LogP contribution >= 0.6 is 0 Å². The number of para-hydroxylation sites is 1. The van der Waals surface area contributed by atoms with E-state index < -0.39 is 0 Å². The zero-order valence-electron chi connectivity index (χ0n) is 10.0. The van der Waals surface area contributed by atoms with Gasteiger partial charge in [-0.2, -0.15) is 0 Å². The number of hydrogen-bond acceptors (Lipinski definition) is 2. The molecular formula is C14H15N3. The van der Waals surface area contributed by atoms with E-state index in [1.165, 1.54) is 0 Å². The summed E-state index contributed by atoms with van der Waals surface area (Å²) >= 11 is 0. The third-order valence-electron chi connectivity index (χ3n) is 2.50. The van der Waals surface area contributed by atoms with Crippen molar-refractivity contribution in [1.29, 1.82) is 0 Å². The fourth-order valence-electron chi connectivity index (χ4n) is 1.48. The van der Waals surface area contributed by atoms with E-state index in [9.17, 15) is 0 Å². The first-order valence-electron chi connectivity index (χ1n) is 5.51. The van der Waals surface area contributed by atoms with Crippen LogP contribution in [0.3, 0.4) is 0 Å². The standard InChI is InChI=1S/C14H15N3/c1-12-7-6-10-15-14(12)16-11-17(2)13-8-4-3-5-9-13/h3-11H,1-2H3. The second-order valence-electron chi connectivity index (χ2n) is 3.83. The van der Waals surface area contributed by atoms with Crippen molar-refractivity contribution < 1.29 is 0 Å². The van der Waals surface area contributed by atoms with Crippen LogP contribution in [-0.4, -0.2) is 18.4 Å². The molecule has 2 rings (SSSR count). The Morgan fingerprint density at radius 3 is 2.59 bits per heavy atom. The van der Waals surface area contributed by atoms with Crippen molar-refractivity contribution in [3.8, 4) is 0 Å². The van der Waals surface area contributed by atoms with Crippen LogP contribution in [0.4, 0.5) is 11.5 Å². The Morgan fingerprint density at radius 1 is 1.12 bits per heavy atom. The molecule has 17 heavy (non-hydrogen) atoms. The normalized spacial score (nSPS) is 10.7. The molecule has 0 saturated heterocycles. The van der Waals surface area contributed by atoms with E-state index in [4.69, 9.17) is 0 Å². The van der Waals surface area contributed by atoms with Gasteiger partial charge in [0.1, 0.15) is 0 Å². The molecule has 0 N–H and O–H groups in total. The Balaban J connectivity index is 2.14. The van der Waals surface area contributed by atoms with E-state index in [2.05, 4.69) is 9.98 Å². The summed E-state index contributed by atoms with van der Waals surface area (Å²) in [7, 11) is 1.97. The molecule has 0 unspecified atom stereocenters. The highest BCUT2D eigenvalue weighted by molar-refractivity contribution is 5.80. The van der Waals surface area contributed by atoms with Crippen molar-refractivity contribution in [2.75, 3.05) is 11.9 Å². The molecule has 3 heteroatoms. The predicted octanol–water partition coefficient (Wildman–Crippen LogP) is 3.19. The Bertz CT molecular complexity index is 506. The molecule has 0 radical (unpaired) electrons. The molecule has 1 aromatic heterocycles. The van der Waals surface area contributed by atoms with Crippen LogP contribution in [0, 0.1) is 6.92 Å². The van der Waals surface area contributed by atoms with Crippen molar-refractivity contribution in [3.63, 3.8) is 0 Å². The lowest BCUT2D eigenvalue weighted by Crippen LogP contribution is -2.13. The first kappa shape index (κ1) is 11.3. The van der Waals surface area contributed by atoms with E-state index in [1.807, 2.05) is 61.3 Å². The monoisotopic (exact) mass is 225 g/mol. The largest absolute Gasteiger partial charge is 0.335 e. The topological polar surface area (TPSA) is 28.5 Å². The maximum absolute atomic E-state index is 4.37. The second-order valence-corrected chi connectivity index (χ2v) is 3.83. The van der Waals surface area contributed by atoms with Gasteiger partial charge in [0.2, 0.25) is 0 Å². The summed E-state index contributed by atoms with van der Waals surface area (Å²) in [5.74, 6) is 0.760. The van der Waals surface area contributed by atoms with Gasteiger partial charge in [-0.3, -0.25) is 0 Å². The number of aliphatic imine (C=N–C) groups is 1. The highest BCUT2D eigenvalue weighted by Crippen LogP contribution is 2.14. The lowest BCUT2D eigenvalue weighted by Gasteiger charge is -2.12. The van der Waals surface area contributed by atoms with E-state index in [-0.39, 0.29) is 0 Å². The van der Waals surface area contributed by atoms with Gasteiger partial charge in [0.05, 0.1) is 6.34 Å². The Labute approximate surface area is 101 Å². The van der Waals surface area contributed by atoms with Crippen LogP contribution in [0.25, 0.3) is 0 Å². The Hall–Kier alpha value is -2.16. The van der Waals surface area contributed by atoms with Crippen LogP contribution < -0.4 is 4.90 Å². The van der Waals surface area contributed by atoms with Crippen molar-refractivity contribution in [2.45, 2.75) is 6.92 Å². The summed E-state index contributed by atoms with van der Waals surface area (Å²) in [4.78, 5) is 10.6. The summed E-state index contributed by atoms with van der Waals surface area (Å²) in [6.45, 7) is 2.00. The molecule has 0 aliphatic heterocycles. The van der Waals surface area contributed by atoms with Crippen molar-refractivity contribution >= 4 is 17.8 Å². The fraction of sp³-hybridized carbons (Fsp3) is 0.143.